The second-order valence-corrected chi connectivity index (χ2v) is 10.3. The predicted octanol–water partition coefficient (Wildman–Crippen LogP) is 5.42. The molecule has 1 aliphatic rings. The van der Waals surface area contributed by atoms with E-state index in [1.54, 1.807) is 24.3 Å². The number of nitrogens with one attached hydrogen (secondary N) is 1. The summed E-state index contributed by atoms with van der Waals surface area (Å²) < 4.78 is 0. The first-order chi connectivity index (χ1) is 14.6. The van der Waals surface area contributed by atoms with Crippen LogP contribution in [0.5, 0.6) is 5.75 Å². The lowest BCUT2D eigenvalue weighted by Gasteiger charge is -2.31. The zero-order valence-electron chi connectivity index (χ0n) is 20.0. The molecular weight excluding hydrogens is 384 g/mol. The maximum atomic E-state index is 12.6. The van der Waals surface area contributed by atoms with Crippen molar-refractivity contribution < 1.29 is 9.90 Å². The van der Waals surface area contributed by atoms with E-state index in [2.05, 4.69) is 57.8 Å². The molecule has 2 aromatic carbocycles. The van der Waals surface area contributed by atoms with Crippen molar-refractivity contribution in [1.29, 1.82) is 0 Å². The van der Waals surface area contributed by atoms with Crippen LogP contribution in [-0.4, -0.2) is 30.6 Å². The van der Waals surface area contributed by atoms with Gasteiger partial charge in [0.05, 0.1) is 5.56 Å². The Bertz CT molecular complexity index is 946. The first-order valence-electron chi connectivity index (χ1n) is 11.5. The Kier molecular flexibility index (Phi) is 6.98. The maximum Gasteiger partial charge on any atom is 0.255 e. The van der Waals surface area contributed by atoms with Crippen LogP contribution in [-0.2, 0) is 12.8 Å². The number of hydrogen-bond donors (Lipinski definition) is 2. The molecule has 31 heavy (non-hydrogen) atoms. The minimum atomic E-state index is -0.226. The van der Waals surface area contributed by atoms with E-state index < -0.39 is 0 Å². The fraction of sp³-hybridized carbons (Fsp3) is 0.519. The summed E-state index contributed by atoms with van der Waals surface area (Å²) in [4.78, 5) is 15.2. The highest BCUT2D eigenvalue weighted by atomic mass is 16.3. The number of carbonyl (C=O) groups excluding carboxylic acids is 1. The van der Waals surface area contributed by atoms with Gasteiger partial charge in [0.15, 0.2) is 0 Å². The Morgan fingerprint density at radius 1 is 1.19 bits per heavy atom. The smallest absolute Gasteiger partial charge is 0.255 e. The lowest BCUT2D eigenvalue weighted by molar-refractivity contribution is 0.0933. The summed E-state index contributed by atoms with van der Waals surface area (Å²) in [6.45, 7) is 16.2. The molecule has 0 aromatic heterocycles. The van der Waals surface area contributed by atoms with E-state index in [1.807, 2.05) is 0 Å². The molecule has 1 amide bonds. The van der Waals surface area contributed by atoms with Crippen LogP contribution in [0.15, 0.2) is 30.3 Å². The molecule has 2 aromatic rings. The van der Waals surface area contributed by atoms with E-state index in [-0.39, 0.29) is 17.1 Å². The fourth-order valence-corrected chi connectivity index (χ4v) is 4.59. The van der Waals surface area contributed by atoms with Gasteiger partial charge in [0.25, 0.3) is 5.91 Å². The van der Waals surface area contributed by atoms with Gasteiger partial charge < -0.3 is 15.3 Å². The number of phenolic OH excluding ortho intramolecular Hbond substituents is 1. The Morgan fingerprint density at radius 3 is 2.58 bits per heavy atom. The first kappa shape index (κ1) is 23.2. The third-order valence-corrected chi connectivity index (χ3v) is 6.41. The van der Waals surface area contributed by atoms with Crippen LogP contribution >= 0.6 is 0 Å². The topological polar surface area (TPSA) is 52.6 Å². The average Bonchev–Trinajstić information content (AvgIpc) is 3.13. The van der Waals surface area contributed by atoms with E-state index in [4.69, 9.17) is 0 Å². The molecule has 0 saturated carbocycles. The van der Waals surface area contributed by atoms with Crippen LogP contribution in [0.25, 0.3) is 0 Å². The molecule has 0 bridgehead atoms. The summed E-state index contributed by atoms with van der Waals surface area (Å²) in [6, 6.07) is 9.02. The average molecular weight is 423 g/mol. The van der Waals surface area contributed by atoms with Crippen LogP contribution in [0.3, 0.4) is 0 Å². The van der Waals surface area contributed by atoms with Gasteiger partial charge in [0.2, 0.25) is 0 Å². The molecule has 1 heterocycles. The zero-order chi connectivity index (χ0) is 22.8. The number of rotatable bonds is 8. The van der Waals surface area contributed by atoms with Crippen LogP contribution in [0.2, 0.25) is 0 Å². The third kappa shape index (κ3) is 5.41. The summed E-state index contributed by atoms with van der Waals surface area (Å²) in [5, 5.41) is 13.0. The van der Waals surface area contributed by atoms with Gasteiger partial charge in [-0.3, -0.25) is 4.79 Å². The molecule has 0 radical (unpaired) electrons. The van der Waals surface area contributed by atoms with Crippen LogP contribution in [0.4, 0.5) is 5.69 Å². The van der Waals surface area contributed by atoms with Crippen molar-refractivity contribution in [3.8, 4) is 5.75 Å². The van der Waals surface area contributed by atoms with Gasteiger partial charge in [-0.05, 0) is 78.8 Å². The number of aryl methyl sites for hydroxylation is 2. The Morgan fingerprint density at radius 2 is 1.90 bits per heavy atom. The molecular formula is C27H38N2O2. The second kappa shape index (κ2) is 9.33. The minimum Gasteiger partial charge on any atom is -0.507 e. The highest BCUT2D eigenvalue weighted by Gasteiger charge is 2.29. The largest absolute Gasteiger partial charge is 0.507 e. The molecule has 4 heteroatoms. The quantitative estimate of drug-likeness (QED) is 0.597. The number of hydrogen-bond acceptors (Lipinski definition) is 3. The van der Waals surface area contributed by atoms with Gasteiger partial charge in [-0.25, -0.2) is 0 Å². The van der Waals surface area contributed by atoms with Crippen LogP contribution < -0.4 is 10.2 Å². The molecule has 0 atom stereocenters. The minimum absolute atomic E-state index is 0.0193. The highest BCUT2D eigenvalue weighted by Crippen LogP contribution is 2.39. The van der Waals surface area contributed by atoms with Gasteiger partial charge in [-0.1, -0.05) is 45.9 Å². The zero-order valence-corrected chi connectivity index (χ0v) is 20.0. The van der Waals surface area contributed by atoms with Crippen molar-refractivity contribution in [2.24, 2.45) is 11.3 Å². The summed E-state index contributed by atoms with van der Waals surface area (Å²) >= 11 is 0. The molecule has 2 N–H and O–H groups in total. The molecule has 0 fully saturated rings. The van der Waals surface area contributed by atoms with Gasteiger partial charge in [-0.15, -0.1) is 0 Å². The summed E-state index contributed by atoms with van der Waals surface area (Å²) in [7, 11) is 0. The number of carbonyl (C=O) groups is 1. The highest BCUT2D eigenvalue weighted by molar-refractivity contribution is 5.96. The van der Waals surface area contributed by atoms with E-state index in [9.17, 15) is 9.90 Å². The molecule has 4 nitrogen and oxygen atoms in total. The number of para-hydroxylation sites is 1. The molecule has 0 unspecified atom stereocenters. The van der Waals surface area contributed by atoms with Gasteiger partial charge >= 0.3 is 0 Å². The van der Waals surface area contributed by atoms with Crippen molar-refractivity contribution in [1.82, 2.24) is 5.32 Å². The van der Waals surface area contributed by atoms with Crippen molar-refractivity contribution in [2.75, 3.05) is 24.5 Å². The monoisotopic (exact) mass is 422 g/mol. The number of benzene rings is 2. The van der Waals surface area contributed by atoms with Crippen molar-refractivity contribution in [2.45, 2.75) is 60.8 Å². The van der Waals surface area contributed by atoms with E-state index in [0.29, 0.717) is 18.0 Å². The molecule has 3 rings (SSSR count). The van der Waals surface area contributed by atoms with E-state index in [1.165, 1.54) is 34.4 Å². The standard InChI is InChI=1S/C27H38N2O2/c1-18(2)11-13-29-14-12-21-19(3)15-20(4)23(25(21)29)16-27(5,6)17-28-26(31)22-9-7-8-10-24(22)30/h7-10,15,18,30H,11-14,16-17H2,1-6H3,(H,28,31). The maximum absolute atomic E-state index is 12.6. The lowest BCUT2D eigenvalue weighted by Crippen LogP contribution is -2.36. The molecule has 0 aliphatic carbocycles. The Hall–Kier alpha value is -2.49. The molecule has 0 spiro atoms. The van der Waals surface area contributed by atoms with Crippen LogP contribution in [0, 0.1) is 25.2 Å². The van der Waals surface area contributed by atoms with Crippen molar-refractivity contribution in [3.05, 3.63) is 58.1 Å². The number of fused-ring (bicyclic) bond motifs is 1. The molecule has 0 saturated heterocycles. The third-order valence-electron chi connectivity index (χ3n) is 6.41. The second-order valence-electron chi connectivity index (χ2n) is 10.3. The fourth-order valence-electron chi connectivity index (χ4n) is 4.59. The molecule has 168 valence electrons. The normalized spacial score (nSPS) is 13.6. The van der Waals surface area contributed by atoms with Gasteiger partial charge in [0.1, 0.15) is 5.75 Å². The van der Waals surface area contributed by atoms with E-state index in [0.717, 1.165) is 25.9 Å². The Labute approximate surface area is 187 Å². The van der Waals surface area contributed by atoms with Crippen LogP contribution in [0.1, 0.15) is 66.7 Å². The van der Waals surface area contributed by atoms with Gasteiger partial charge in [0, 0.05) is 25.3 Å². The van der Waals surface area contributed by atoms with Gasteiger partial charge in [-0.2, -0.15) is 0 Å². The lowest BCUT2D eigenvalue weighted by atomic mass is 9.82. The number of anilines is 1. The number of phenols is 1. The van der Waals surface area contributed by atoms with Crippen molar-refractivity contribution >= 4 is 11.6 Å². The number of aromatic hydroxyl groups is 1. The predicted molar refractivity (Wildman–Crippen MR) is 129 cm³/mol. The summed E-state index contributed by atoms with van der Waals surface area (Å²) in [5.41, 5.74) is 7.31. The summed E-state index contributed by atoms with van der Waals surface area (Å²) in [6.07, 6.45) is 3.23. The molecule has 1 aliphatic heterocycles. The van der Waals surface area contributed by atoms with E-state index >= 15 is 0 Å². The van der Waals surface area contributed by atoms with Crippen molar-refractivity contribution in [3.63, 3.8) is 0 Å². The SMILES string of the molecule is Cc1cc(C)c(CC(C)(C)CNC(=O)c2ccccc2O)c2c1CCN2CCC(C)C. The Balaban J connectivity index is 1.79. The number of amides is 1. The first-order valence-corrected chi connectivity index (χ1v) is 11.5. The summed E-state index contributed by atoms with van der Waals surface area (Å²) in [5.74, 6) is 0.487. The number of nitrogens with zero attached hydrogens (tertiary/aromatic N) is 1.